The number of hydrogen-bond acceptors (Lipinski definition) is 16. The summed E-state index contributed by atoms with van der Waals surface area (Å²) in [4.78, 5) is 43.2. The van der Waals surface area contributed by atoms with Crippen LogP contribution in [0.1, 0.15) is 107 Å². The number of rotatable bonds is 13. The number of piperidine rings is 1. The molecule has 7 aliphatic rings. The van der Waals surface area contributed by atoms with E-state index in [1.54, 1.807) is 35.2 Å². The van der Waals surface area contributed by atoms with Crippen molar-refractivity contribution in [3.05, 3.63) is 125 Å². The molecule has 18 nitrogen and oxygen atoms in total. The summed E-state index contributed by atoms with van der Waals surface area (Å²) in [7, 11) is 0. The van der Waals surface area contributed by atoms with Crippen LogP contribution in [0.5, 0.6) is 11.6 Å². The number of hydrogen-bond donors (Lipinski definition) is 4. The number of para-hydroxylation sites is 1. The van der Waals surface area contributed by atoms with Crippen molar-refractivity contribution in [1.82, 2.24) is 45.4 Å². The molecule has 2 aliphatic carbocycles. The Bertz CT molecular complexity index is 3510. The van der Waals surface area contributed by atoms with Gasteiger partial charge in [0.1, 0.15) is 28.6 Å². The molecule has 6 atom stereocenters. The van der Waals surface area contributed by atoms with Crippen molar-refractivity contribution in [3.8, 4) is 34.0 Å². The average Bonchev–Trinajstić information content (AvgIpc) is 4.37. The van der Waals surface area contributed by atoms with Crippen molar-refractivity contribution in [2.24, 2.45) is 16.5 Å². The molecule has 7 aromatic rings. The number of fused-ring (bicyclic) bond motifs is 3. The minimum atomic E-state index is -1.06. The van der Waals surface area contributed by atoms with Gasteiger partial charge in [0, 0.05) is 91.8 Å². The number of amidine groups is 1. The molecule has 9 heterocycles. The maximum Gasteiger partial charge on any atom is 0.273 e. The van der Waals surface area contributed by atoms with Gasteiger partial charge in [-0.05, 0) is 122 Å². The highest BCUT2D eigenvalue weighted by molar-refractivity contribution is 6.32. The van der Waals surface area contributed by atoms with Crippen LogP contribution in [-0.2, 0) is 15.4 Å². The van der Waals surface area contributed by atoms with E-state index in [4.69, 9.17) is 35.7 Å². The lowest BCUT2D eigenvalue weighted by atomic mass is 9.52. The first-order valence-corrected chi connectivity index (χ1v) is 29.1. The maximum atomic E-state index is 14.6. The number of aromatic hydroxyl groups is 1. The molecular weight excluding hydrogens is 1050 g/mol. The largest absolute Gasteiger partial charge is 0.507 e. The van der Waals surface area contributed by atoms with Gasteiger partial charge in [-0.25, -0.2) is 14.4 Å². The van der Waals surface area contributed by atoms with Crippen molar-refractivity contribution in [1.29, 1.82) is 0 Å². The third-order valence-electron chi connectivity index (χ3n) is 18.8. The number of nitrogens with one attached hydrogen (secondary N) is 2. The topological polar surface area (TPSA) is 207 Å². The molecule has 2 unspecified atom stereocenters. The van der Waals surface area contributed by atoms with Crippen LogP contribution in [-0.4, -0.2) is 131 Å². The summed E-state index contributed by atoms with van der Waals surface area (Å²) in [6.45, 7) is 9.65. The normalized spacial score (nSPS) is 27.8. The molecule has 4 aromatic heterocycles. The van der Waals surface area contributed by atoms with Crippen LogP contribution in [0.4, 0.5) is 16.0 Å². The lowest BCUT2D eigenvalue weighted by molar-refractivity contribution is -0.134. The summed E-state index contributed by atoms with van der Waals surface area (Å²) >= 11 is 7.00. The molecule has 5 aliphatic heterocycles. The number of benzene rings is 3. The lowest BCUT2D eigenvalue weighted by Gasteiger charge is -2.60. The first-order valence-electron chi connectivity index (χ1n) is 28.7. The molecule has 6 fully saturated rings. The van der Waals surface area contributed by atoms with Gasteiger partial charge in [-0.2, -0.15) is 0 Å². The van der Waals surface area contributed by atoms with Crippen LogP contribution < -0.4 is 19.9 Å². The van der Waals surface area contributed by atoms with E-state index in [-0.39, 0.29) is 64.5 Å². The number of phenolic OH excluding ortho intramolecular Hbond substituents is 1. The number of aromatic amines is 1. The fraction of sp³-hybridized carbons (Fsp3) is 0.459. The molecule has 0 radical (unpaired) electrons. The number of aliphatic hydroxyl groups excluding tert-OH is 1. The summed E-state index contributed by atoms with van der Waals surface area (Å²) in [5.74, 6) is 0.736. The van der Waals surface area contributed by atoms with Crippen LogP contribution in [0.25, 0.3) is 33.4 Å². The number of oxime groups is 1. The average molecular weight is 1120 g/mol. The van der Waals surface area contributed by atoms with Gasteiger partial charge in [-0.15, -0.1) is 10.2 Å². The Balaban J connectivity index is 0.548. The van der Waals surface area contributed by atoms with Gasteiger partial charge >= 0.3 is 0 Å². The summed E-state index contributed by atoms with van der Waals surface area (Å²) in [5.41, 5.74) is 5.56. The molecule has 14 rings (SSSR count). The van der Waals surface area contributed by atoms with Gasteiger partial charge in [0.05, 0.1) is 23.5 Å². The van der Waals surface area contributed by atoms with E-state index in [9.17, 15) is 19.4 Å². The molecule has 420 valence electrons. The minimum absolute atomic E-state index is 0.0441. The number of amides is 1. The Morgan fingerprint density at radius 1 is 0.889 bits per heavy atom. The number of carbonyl (C=O) groups is 1. The Morgan fingerprint density at radius 3 is 2.32 bits per heavy atom. The second-order valence-electron chi connectivity index (χ2n) is 24.3. The smallest absolute Gasteiger partial charge is 0.273 e. The Labute approximate surface area is 473 Å². The van der Waals surface area contributed by atoms with Crippen molar-refractivity contribution >= 4 is 46.0 Å². The van der Waals surface area contributed by atoms with E-state index in [0.29, 0.717) is 46.7 Å². The third kappa shape index (κ3) is 9.28. The molecule has 2 bridgehead atoms. The monoisotopic (exact) mass is 1120 g/mol. The van der Waals surface area contributed by atoms with Crippen LogP contribution in [0.3, 0.4) is 0 Å². The number of likely N-dealkylation sites (tertiary alicyclic amines) is 2. The van der Waals surface area contributed by atoms with Crippen LogP contribution >= 0.6 is 11.6 Å². The van der Waals surface area contributed by atoms with Crippen LogP contribution in [0.2, 0.25) is 5.02 Å². The zero-order valence-corrected chi connectivity index (χ0v) is 46.3. The van der Waals surface area contributed by atoms with Gasteiger partial charge in [-0.3, -0.25) is 4.79 Å². The van der Waals surface area contributed by atoms with E-state index in [0.717, 1.165) is 111 Å². The second-order valence-corrected chi connectivity index (χ2v) is 24.7. The number of halogens is 2. The number of aromatic nitrogens is 6. The molecule has 81 heavy (non-hydrogen) atoms. The standard InChI is InChI=1S/C61H66ClFN12O6/c1-34(2)52(58(78)74-33-42(76)22-49(74)56-67-60(3,81-70-56)38-14-12-36(13-15-38)44-8-4-6-10-47(44)63)54-53(62)57(71-80-54)79-43-26-61(27-43)24-41(25-61)72-20-18-35(19-21-72)37-28-65-59(66-29-37)75-39-16-17-40(75)32-73(31-39)50-30-64-55-46(50)23-48(68-69-55)45-9-5-7-11-51(45)77/h4-15,23,28-30,34-35,39-43,49,52,76-77H,16-22,24-27,31-33H2,1-3H3,(H,64,69)(H,67,70)/t39?,40?,41-,42-,43-,49+,52-,60+,61?/m1/s1. The third-order valence-corrected chi connectivity index (χ3v) is 19.1. The van der Waals surface area contributed by atoms with Gasteiger partial charge in [-0.1, -0.05) is 85.2 Å². The molecule has 3 aromatic carbocycles. The zero-order valence-electron chi connectivity index (χ0n) is 45.6. The highest BCUT2D eigenvalue weighted by Crippen LogP contribution is 2.59. The number of phenols is 1. The first-order chi connectivity index (χ1) is 39.3. The number of ether oxygens (including phenoxy) is 1. The molecule has 2 saturated carbocycles. The number of nitrogens with zero attached hydrogens (tertiary/aromatic N) is 10. The van der Waals surface area contributed by atoms with E-state index in [1.807, 2.05) is 69.4 Å². The SMILES string of the molecule is CC(C)[C@@H](C(=O)N1C[C@H](O)C[C@H]1C1=NO[C@@](C)(c2ccc(-c3ccccc3F)cc2)N1)c1onc(O[C@H]2CC3(C2)C[C@H](N2CCC(c4cnc(N5C6CCC5CN(c5c[nH]c7nnc(-c8ccccc8O)cc57)C6)nc4)CC2)C3)c1Cl. The molecule has 1 spiro atoms. The van der Waals surface area contributed by atoms with Crippen LogP contribution in [0.15, 0.2) is 107 Å². The predicted molar refractivity (Wildman–Crippen MR) is 303 cm³/mol. The molecule has 4 saturated heterocycles. The lowest BCUT2D eigenvalue weighted by Crippen LogP contribution is -2.59. The van der Waals surface area contributed by atoms with E-state index in [1.165, 1.54) is 11.6 Å². The van der Waals surface area contributed by atoms with Gasteiger partial charge in [0.2, 0.25) is 17.6 Å². The highest BCUT2D eigenvalue weighted by Gasteiger charge is 2.56. The summed E-state index contributed by atoms with van der Waals surface area (Å²) in [6.07, 6.45) is 14.1. The van der Waals surface area contributed by atoms with Crippen molar-refractivity contribution in [2.75, 3.05) is 42.5 Å². The number of piperazine rings is 1. The zero-order chi connectivity index (χ0) is 55.3. The number of carbonyl (C=O) groups excluding carboxylic acids is 1. The fourth-order valence-electron chi connectivity index (χ4n) is 14.5. The minimum Gasteiger partial charge on any atom is -0.507 e. The van der Waals surface area contributed by atoms with Gasteiger partial charge < -0.3 is 54.2 Å². The summed E-state index contributed by atoms with van der Waals surface area (Å²) < 4.78 is 26.8. The maximum absolute atomic E-state index is 14.6. The molecule has 20 heteroatoms. The quantitative estimate of drug-likeness (QED) is 0.0848. The fourth-order valence-corrected chi connectivity index (χ4v) is 14.7. The second kappa shape index (κ2) is 20.3. The Hall–Kier alpha value is -7.35. The summed E-state index contributed by atoms with van der Waals surface area (Å²) in [5, 5.41) is 43.6. The molecular formula is C61H66ClFN12O6. The van der Waals surface area contributed by atoms with Gasteiger partial charge in [0.15, 0.2) is 17.2 Å². The number of aliphatic hydroxyl groups is 1. The molecule has 4 N–H and O–H groups in total. The number of β-amino-alcohol motifs (C(OH)–C–C–N with tert-alkyl or cyclic N) is 1. The van der Waals surface area contributed by atoms with E-state index in [2.05, 4.69) is 57.9 Å². The first kappa shape index (κ1) is 51.8. The van der Waals surface area contributed by atoms with E-state index >= 15 is 0 Å². The Kier molecular flexibility index (Phi) is 13.0. The number of H-pyrrole nitrogens is 1. The van der Waals surface area contributed by atoms with Crippen molar-refractivity contribution in [2.45, 2.75) is 132 Å². The summed E-state index contributed by atoms with van der Waals surface area (Å²) in [6, 6.07) is 23.9. The van der Waals surface area contributed by atoms with Crippen molar-refractivity contribution in [3.63, 3.8) is 0 Å². The van der Waals surface area contributed by atoms with Crippen molar-refractivity contribution < 1.29 is 33.5 Å². The highest BCUT2D eigenvalue weighted by atomic mass is 35.5. The Morgan fingerprint density at radius 2 is 1.60 bits per heavy atom. The molecule has 1 amide bonds. The van der Waals surface area contributed by atoms with Crippen LogP contribution in [0, 0.1) is 17.2 Å². The van der Waals surface area contributed by atoms with Gasteiger partial charge in [0.25, 0.3) is 5.88 Å². The van der Waals surface area contributed by atoms with E-state index < -0.39 is 23.8 Å². The predicted octanol–water partition coefficient (Wildman–Crippen LogP) is 9.50. The number of anilines is 2.